The van der Waals surface area contributed by atoms with E-state index in [2.05, 4.69) is 10.2 Å². The maximum absolute atomic E-state index is 13.5. The summed E-state index contributed by atoms with van der Waals surface area (Å²) in [7, 11) is 0. The number of aliphatic hydroxyl groups excluding tert-OH is 1. The van der Waals surface area contributed by atoms with Crippen LogP contribution in [0.1, 0.15) is 23.9 Å². The largest absolute Gasteiger partial charge is 0.459 e. The molecule has 1 N–H and O–H groups in total. The third-order valence-corrected chi connectivity index (χ3v) is 4.15. The molecule has 7 heteroatoms. The second-order valence-corrected chi connectivity index (χ2v) is 5.87. The third-order valence-electron chi connectivity index (χ3n) is 4.15. The minimum absolute atomic E-state index is 0.0883. The smallest absolute Gasteiger partial charge is 0.283 e. The topological polar surface area (TPSA) is 75.5 Å². The van der Waals surface area contributed by atoms with Crippen LogP contribution in [0.5, 0.6) is 0 Å². The first-order valence-corrected chi connectivity index (χ1v) is 7.73. The molecule has 2 unspecified atom stereocenters. The molecule has 0 spiro atoms. The molecule has 2 aromatic heterocycles. The Balaban J connectivity index is 1.54. The van der Waals surface area contributed by atoms with Gasteiger partial charge in [0, 0.05) is 12.6 Å². The maximum atomic E-state index is 13.5. The normalized spacial score (nSPS) is 21.4. The molecule has 1 aliphatic rings. The van der Waals surface area contributed by atoms with Crippen molar-refractivity contribution in [2.45, 2.75) is 25.1 Å². The Labute approximate surface area is 137 Å². The van der Waals surface area contributed by atoms with Crippen molar-refractivity contribution in [1.82, 2.24) is 15.1 Å². The molecule has 24 heavy (non-hydrogen) atoms. The van der Waals surface area contributed by atoms with Crippen LogP contribution in [0.15, 0.2) is 51.5 Å². The summed E-state index contributed by atoms with van der Waals surface area (Å²) in [4.78, 5) is 2.01. The van der Waals surface area contributed by atoms with Gasteiger partial charge in [0.2, 0.25) is 5.89 Å². The Bertz CT molecular complexity index is 818. The van der Waals surface area contributed by atoms with E-state index in [1.54, 1.807) is 18.2 Å². The van der Waals surface area contributed by atoms with Gasteiger partial charge in [-0.3, -0.25) is 4.90 Å². The molecule has 0 saturated carbocycles. The van der Waals surface area contributed by atoms with Gasteiger partial charge in [-0.25, -0.2) is 4.39 Å². The third kappa shape index (κ3) is 2.95. The number of halogens is 1. The zero-order chi connectivity index (χ0) is 16.5. The second-order valence-electron chi connectivity index (χ2n) is 5.87. The van der Waals surface area contributed by atoms with Crippen molar-refractivity contribution in [1.29, 1.82) is 0 Å². The Morgan fingerprint density at radius 2 is 2.17 bits per heavy atom. The fourth-order valence-electron chi connectivity index (χ4n) is 3.11. The molecule has 1 saturated heterocycles. The molecule has 0 bridgehead atoms. The van der Waals surface area contributed by atoms with Crippen molar-refractivity contribution in [3.8, 4) is 11.7 Å². The van der Waals surface area contributed by atoms with E-state index in [4.69, 9.17) is 8.83 Å². The number of nitrogens with zero attached hydrogens (tertiary/aromatic N) is 3. The van der Waals surface area contributed by atoms with E-state index in [1.165, 1.54) is 18.4 Å². The molecular formula is C17H16FN3O3. The molecular weight excluding hydrogens is 313 g/mol. The van der Waals surface area contributed by atoms with Crippen LogP contribution in [0.2, 0.25) is 0 Å². The Morgan fingerprint density at radius 1 is 1.25 bits per heavy atom. The van der Waals surface area contributed by atoms with E-state index in [9.17, 15) is 9.50 Å². The first-order chi connectivity index (χ1) is 11.7. The number of benzene rings is 1. The molecule has 0 amide bonds. The lowest BCUT2D eigenvalue weighted by Crippen LogP contribution is -2.24. The molecule has 6 nitrogen and oxygen atoms in total. The number of furan rings is 1. The van der Waals surface area contributed by atoms with Gasteiger partial charge in [0.1, 0.15) is 5.82 Å². The number of aromatic nitrogens is 2. The number of hydrogen-bond donors (Lipinski definition) is 1. The van der Waals surface area contributed by atoms with Gasteiger partial charge in [-0.2, -0.15) is 0 Å². The van der Waals surface area contributed by atoms with Crippen LogP contribution < -0.4 is 0 Å². The zero-order valence-corrected chi connectivity index (χ0v) is 12.8. The molecule has 1 aliphatic heterocycles. The number of likely N-dealkylation sites (tertiary alicyclic amines) is 1. The lowest BCUT2D eigenvalue weighted by atomic mass is 10.0. The summed E-state index contributed by atoms with van der Waals surface area (Å²) in [6.07, 6.45) is 1.62. The van der Waals surface area contributed by atoms with Crippen molar-refractivity contribution in [2.24, 2.45) is 0 Å². The average molecular weight is 329 g/mol. The molecule has 1 aromatic carbocycles. The second kappa shape index (κ2) is 6.18. The van der Waals surface area contributed by atoms with Crippen molar-refractivity contribution in [3.63, 3.8) is 0 Å². The molecule has 3 aromatic rings. The Kier molecular flexibility index (Phi) is 3.87. The van der Waals surface area contributed by atoms with E-state index in [0.717, 1.165) is 5.56 Å². The Hall–Kier alpha value is -2.51. The number of rotatable bonds is 4. The van der Waals surface area contributed by atoms with Crippen LogP contribution >= 0.6 is 0 Å². The van der Waals surface area contributed by atoms with Crippen molar-refractivity contribution in [3.05, 3.63) is 59.9 Å². The van der Waals surface area contributed by atoms with Gasteiger partial charge in [-0.15, -0.1) is 10.2 Å². The maximum Gasteiger partial charge on any atom is 0.283 e. The van der Waals surface area contributed by atoms with E-state index >= 15 is 0 Å². The fraction of sp³-hybridized carbons (Fsp3) is 0.294. The van der Waals surface area contributed by atoms with Crippen LogP contribution in [0.25, 0.3) is 11.7 Å². The van der Waals surface area contributed by atoms with Gasteiger partial charge in [-0.05, 0) is 36.2 Å². The van der Waals surface area contributed by atoms with E-state index in [1.807, 2.05) is 11.0 Å². The standard InChI is InChI=1S/C17H16FN3O3/c18-12-4-1-3-11(7-12)14-8-13(22)9-21(14)10-16-19-20-17(24-16)15-5-2-6-23-15/h1-7,13-14,22H,8-10H2. The molecule has 1 fully saturated rings. The van der Waals surface area contributed by atoms with Crippen molar-refractivity contribution in [2.75, 3.05) is 6.54 Å². The van der Waals surface area contributed by atoms with Gasteiger partial charge in [0.15, 0.2) is 5.76 Å². The molecule has 3 heterocycles. The van der Waals surface area contributed by atoms with Crippen molar-refractivity contribution >= 4 is 0 Å². The van der Waals surface area contributed by atoms with Crippen LogP contribution in [0.3, 0.4) is 0 Å². The summed E-state index contributed by atoms with van der Waals surface area (Å²) in [6.45, 7) is 0.853. The van der Waals surface area contributed by atoms with Gasteiger partial charge in [0.05, 0.1) is 18.9 Å². The first kappa shape index (κ1) is 15.0. The van der Waals surface area contributed by atoms with Gasteiger partial charge in [0.25, 0.3) is 5.89 Å². The number of β-amino-alcohol motifs (C(OH)–C–C–N with tert-alkyl or cyclic N) is 1. The summed E-state index contributed by atoms with van der Waals surface area (Å²) in [6, 6.07) is 9.85. The van der Waals surface area contributed by atoms with Crippen molar-refractivity contribution < 1.29 is 18.3 Å². The summed E-state index contributed by atoms with van der Waals surface area (Å²) >= 11 is 0. The first-order valence-electron chi connectivity index (χ1n) is 7.73. The van der Waals surface area contributed by atoms with E-state index < -0.39 is 6.10 Å². The highest BCUT2D eigenvalue weighted by molar-refractivity contribution is 5.42. The highest BCUT2D eigenvalue weighted by Crippen LogP contribution is 2.33. The predicted molar refractivity (Wildman–Crippen MR) is 82.2 cm³/mol. The lowest BCUT2D eigenvalue weighted by molar-refractivity contribution is 0.167. The summed E-state index contributed by atoms with van der Waals surface area (Å²) in [5.41, 5.74) is 0.831. The van der Waals surface area contributed by atoms with Crippen LogP contribution in [-0.4, -0.2) is 32.9 Å². The van der Waals surface area contributed by atoms with E-state index in [-0.39, 0.29) is 11.9 Å². The summed E-state index contributed by atoms with van der Waals surface area (Å²) in [5.74, 6) is 0.970. The number of aliphatic hydroxyl groups is 1. The summed E-state index contributed by atoms with van der Waals surface area (Å²) in [5, 5.41) is 18.0. The molecule has 124 valence electrons. The quantitative estimate of drug-likeness (QED) is 0.793. The monoisotopic (exact) mass is 329 g/mol. The van der Waals surface area contributed by atoms with Gasteiger partial charge >= 0.3 is 0 Å². The predicted octanol–water partition coefficient (Wildman–Crippen LogP) is 2.78. The SMILES string of the molecule is OC1CC(c2cccc(F)c2)N(Cc2nnc(-c3ccco3)o2)C1. The minimum Gasteiger partial charge on any atom is -0.459 e. The molecule has 0 aliphatic carbocycles. The molecule has 4 rings (SSSR count). The van der Waals surface area contributed by atoms with Gasteiger partial charge in [-0.1, -0.05) is 12.1 Å². The van der Waals surface area contributed by atoms with E-state index in [0.29, 0.717) is 37.1 Å². The minimum atomic E-state index is -0.467. The zero-order valence-electron chi connectivity index (χ0n) is 12.8. The molecule has 0 radical (unpaired) electrons. The fourth-order valence-corrected chi connectivity index (χ4v) is 3.11. The highest BCUT2D eigenvalue weighted by atomic mass is 19.1. The molecule has 2 atom stereocenters. The Morgan fingerprint density at radius 3 is 2.96 bits per heavy atom. The van der Waals surface area contributed by atoms with Crippen LogP contribution in [0, 0.1) is 5.82 Å². The highest BCUT2D eigenvalue weighted by Gasteiger charge is 2.33. The lowest BCUT2D eigenvalue weighted by Gasteiger charge is -2.22. The van der Waals surface area contributed by atoms with Crippen LogP contribution in [0.4, 0.5) is 4.39 Å². The summed E-state index contributed by atoms with van der Waals surface area (Å²) < 4.78 is 24.4. The average Bonchev–Trinajstić information content (AvgIpc) is 3.28. The van der Waals surface area contributed by atoms with Gasteiger partial charge < -0.3 is 13.9 Å². The number of hydrogen-bond acceptors (Lipinski definition) is 6. The van der Waals surface area contributed by atoms with Crippen LogP contribution in [-0.2, 0) is 6.54 Å².